The molecule has 0 spiro atoms. The van der Waals surface area contributed by atoms with Gasteiger partial charge in [0.05, 0.1) is 12.2 Å². The van der Waals surface area contributed by atoms with E-state index in [0.29, 0.717) is 6.54 Å². The highest BCUT2D eigenvalue weighted by Gasteiger charge is 2.06. The zero-order valence-corrected chi connectivity index (χ0v) is 15.7. The first-order valence-corrected chi connectivity index (χ1v) is 8.74. The van der Waals surface area contributed by atoms with Gasteiger partial charge in [0.25, 0.3) is 0 Å². The van der Waals surface area contributed by atoms with Crippen molar-refractivity contribution in [3.05, 3.63) is 67.8 Å². The zero-order valence-electron chi connectivity index (χ0n) is 10.9. The van der Waals surface area contributed by atoms with Crippen molar-refractivity contribution in [2.45, 2.75) is 6.54 Å². The summed E-state index contributed by atoms with van der Waals surface area (Å²) in [6, 6.07) is 14.5. The van der Waals surface area contributed by atoms with Crippen LogP contribution in [0.5, 0.6) is 0 Å². The molecule has 2 nitrogen and oxygen atoms in total. The second kappa shape index (κ2) is 6.46. The summed E-state index contributed by atoms with van der Waals surface area (Å²) in [4.78, 5) is 4.42. The van der Waals surface area contributed by atoms with Crippen LogP contribution in [-0.4, -0.2) is 4.98 Å². The molecule has 0 amide bonds. The Bertz CT molecular complexity index is 803. The summed E-state index contributed by atoms with van der Waals surface area (Å²) in [7, 11) is 0. The molecule has 0 aliphatic heterocycles. The number of hydrogen-bond donors (Lipinski definition) is 1. The van der Waals surface area contributed by atoms with E-state index in [9.17, 15) is 0 Å². The zero-order chi connectivity index (χ0) is 14.8. The van der Waals surface area contributed by atoms with Crippen LogP contribution < -0.4 is 5.32 Å². The molecule has 0 saturated heterocycles. The van der Waals surface area contributed by atoms with E-state index in [4.69, 9.17) is 0 Å². The Labute approximate surface area is 148 Å². The van der Waals surface area contributed by atoms with Crippen LogP contribution in [0.4, 0.5) is 5.69 Å². The summed E-state index contributed by atoms with van der Waals surface area (Å²) < 4.78 is 3.06. The lowest BCUT2D eigenvalue weighted by Gasteiger charge is -2.11. The summed E-state index contributed by atoms with van der Waals surface area (Å²) >= 11 is 10.6. The number of anilines is 1. The standard InChI is InChI=1S/C16H11Br3N2/c17-10-7-14(19)16(20-8-10)9-21-15-6-5-13(18)11-3-1-2-4-12(11)15/h1-8,21H,9H2. The maximum Gasteiger partial charge on any atom is 0.0737 e. The van der Waals surface area contributed by atoms with Crippen LogP contribution in [0.1, 0.15) is 5.69 Å². The van der Waals surface area contributed by atoms with E-state index in [-0.39, 0.29) is 0 Å². The number of nitrogens with zero attached hydrogens (tertiary/aromatic N) is 1. The molecule has 0 atom stereocenters. The van der Waals surface area contributed by atoms with Crippen molar-refractivity contribution >= 4 is 64.2 Å². The van der Waals surface area contributed by atoms with Crippen LogP contribution >= 0.6 is 47.8 Å². The summed E-state index contributed by atoms with van der Waals surface area (Å²) in [5.74, 6) is 0. The second-order valence-corrected chi connectivity index (χ2v) is 7.20. The number of rotatable bonds is 3. The van der Waals surface area contributed by atoms with Gasteiger partial charge in [-0.3, -0.25) is 4.98 Å². The molecule has 106 valence electrons. The molecule has 3 rings (SSSR count). The summed E-state index contributed by atoms with van der Waals surface area (Å²) in [5, 5.41) is 5.86. The van der Waals surface area contributed by atoms with Gasteiger partial charge in [-0.25, -0.2) is 0 Å². The summed E-state index contributed by atoms with van der Waals surface area (Å²) in [6.45, 7) is 0.666. The average Bonchev–Trinajstić information content (AvgIpc) is 2.48. The van der Waals surface area contributed by atoms with Gasteiger partial charge in [-0.1, -0.05) is 40.2 Å². The van der Waals surface area contributed by atoms with Gasteiger partial charge in [0.1, 0.15) is 0 Å². The van der Waals surface area contributed by atoms with Crippen LogP contribution in [0.3, 0.4) is 0 Å². The van der Waals surface area contributed by atoms with E-state index < -0.39 is 0 Å². The van der Waals surface area contributed by atoms with Gasteiger partial charge < -0.3 is 5.32 Å². The molecule has 0 aliphatic rings. The monoisotopic (exact) mass is 468 g/mol. The lowest BCUT2D eigenvalue weighted by atomic mass is 10.1. The average molecular weight is 471 g/mol. The molecular weight excluding hydrogens is 460 g/mol. The van der Waals surface area contributed by atoms with Crippen LogP contribution in [0.2, 0.25) is 0 Å². The van der Waals surface area contributed by atoms with Crippen LogP contribution in [0.25, 0.3) is 10.8 Å². The van der Waals surface area contributed by atoms with E-state index in [0.717, 1.165) is 24.8 Å². The molecular formula is C16H11Br3N2. The van der Waals surface area contributed by atoms with Crippen molar-refractivity contribution < 1.29 is 0 Å². The molecule has 2 aromatic carbocycles. The van der Waals surface area contributed by atoms with Gasteiger partial charge in [-0.2, -0.15) is 0 Å². The lowest BCUT2D eigenvalue weighted by molar-refractivity contribution is 1.03. The molecule has 21 heavy (non-hydrogen) atoms. The number of pyridine rings is 1. The number of aromatic nitrogens is 1. The van der Waals surface area contributed by atoms with Crippen LogP contribution in [-0.2, 0) is 6.54 Å². The fourth-order valence-corrected chi connectivity index (χ4v) is 3.77. The highest BCUT2D eigenvalue weighted by molar-refractivity contribution is 9.11. The number of nitrogens with one attached hydrogen (secondary N) is 1. The third-order valence-corrected chi connectivity index (χ3v) is 5.01. The second-order valence-electron chi connectivity index (χ2n) is 4.58. The Kier molecular flexibility index (Phi) is 4.62. The third-order valence-electron chi connectivity index (χ3n) is 3.20. The van der Waals surface area contributed by atoms with Crippen LogP contribution in [0.15, 0.2) is 62.1 Å². The molecule has 1 aromatic heterocycles. The highest BCUT2D eigenvalue weighted by atomic mass is 79.9. The Morgan fingerprint density at radius 1 is 0.905 bits per heavy atom. The largest absolute Gasteiger partial charge is 0.379 e. The van der Waals surface area contributed by atoms with Crippen molar-refractivity contribution in [2.24, 2.45) is 0 Å². The van der Waals surface area contributed by atoms with Crippen LogP contribution in [0, 0.1) is 0 Å². The minimum Gasteiger partial charge on any atom is -0.379 e. The molecule has 0 bridgehead atoms. The first-order valence-electron chi connectivity index (χ1n) is 6.36. The first-order chi connectivity index (χ1) is 10.1. The topological polar surface area (TPSA) is 24.9 Å². The molecule has 0 fully saturated rings. The molecule has 1 N–H and O–H groups in total. The predicted molar refractivity (Wildman–Crippen MR) is 98.6 cm³/mol. The molecule has 1 heterocycles. The van der Waals surface area contributed by atoms with Crippen molar-refractivity contribution in [2.75, 3.05) is 5.32 Å². The van der Waals surface area contributed by atoms with Gasteiger partial charge in [0, 0.05) is 30.7 Å². The number of fused-ring (bicyclic) bond motifs is 1. The maximum absolute atomic E-state index is 4.42. The van der Waals surface area contributed by atoms with E-state index in [2.05, 4.69) is 82.4 Å². The summed E-state index contributed by atoms with van der Waals surface area (Å²) in [5.41, 5.74) is 2.08. The fraction of sp³-hybridized carbons (Fsp3) is 0.0625. The highest BCUT2D eigenvalue weighted by Crippen LogP contribution is 2.30. The van der Waals surface area contributed by atoms with Crippen molar-refractivity contribution in [1.82, 2.24) is 4.98 Å². The van der Waals surface area contributed by atoms with Gasteiger partial charge in [0.15, 0.2) is 0 Å². The predicted octanol–water partition coefficient (Wildman–Crippen LogP) is 6.13. The molecule has 3 aromatic rings. The van der Waals surface area contributed by atoms with E-state index in [1.54, 1.807) is 0 Å². The number of benzene rings is 2. The smallest absolute Gasteiger partial charge is 0.0737 e. The van der Waals surface area contributed by atoms with Gasteiger partial charge in [0.2, 0.25) is 0 Å². The molecule has 0 unspecified atom stereocenters. The Hall–Kier alpha value is -0.910. The fourth-order valence-electron chi connectivity index (χ4n) is 2.17. The van der Waals surface area contributed by atoms with Gasteiger partial charge in [-0.15, -0.1) is 0 Å². The Morgan fingerprint density at radius 2 is 1.67 bits per heavy atom. The SMILES string of the molecule is Brc1cnc(CNc2ccc(Br)c3ccccc23)c(Br)c1. The minimum atomic E-state index is 0.666. The molecule has 0 aliphatic carbocycles. The molecule has 5 heteroatoms. The Morgan fingerprint density at radius 3 is 2.43 bits per heavy atom. The van der Waals surface area contributed by atoms with E-state index in [1.165, 1.54) is 10.8 Å². The minimum absolute atomic E-state index is 0.666. The molecule has 0 saturated carbocycles. The Balaban J connectivity index is 1.90. The van der Waals surface area contributed by atoms with Crippen molar-refractivity contribution in [3.8, 4) is 0 Å². The lowest BCUT2D eigenvalue weighted by Crippen LogP contribution is -2.03. The van der Waals surface area contributed by atoms with E-state index >= 15 is 0 Å². The maximum atomic E-state index is 4.42. The van der Waals surface area contributed by atoms with Crippen molar-refractivity contribution in [3.63, 3.8) is 0 Å². The normalized spacial score (nSPS) is 10.8. The quantitative estimate of drug-likeness (QED) is 0.497. The van der Waals surface area contributed by atoms with Gasteiger partial charge in [-0.05, 0) is 55.4 Å². The van der Waals surface area contributed by atoms with E-state index in [1.807, 2.05) is 24.4 Å². The van der Waals surface area contributed by atoms with Crippen molar-refractivity contribution in [1.29, 1.82) is 0 Å². The number of halogens is 3. The first kappa shape index (κ1) is 15.0. The third kappa shape index (κ3) is 3.30. The molecule has 0 radical (unpaired) electrons. The number of hydrogen-bond acceptors (Lipinski definition) is 2. The summed E-state index contributed by atoms with van der Waals surface area (Å²) in [6.07, 6.45) is 1.81. The van der Waals surface area contributed by atoms with Gasteiger partial charge >= 0.3 is 0 Å².